The fourth-order valence-corrected chi connectivity index (χ4v) is 3.26. The van der Waals surface area contributed by atoms with Gasteiger partial charge in [-0.3, -0.25) is 0 Å². The third-order valence-electron chi connectivity index (χ3n) is 3.26. The van der Waals surface area contributed by atoms with Crippen molar-refractivity contribution in [3.63, 3.8) is 0 Å². The van der Waals surface area contributed by atoms with Crippen molar-refractivity contribution in [2.75, 3.05) is 6.54 Å². The molecule has 2 nitrogen and oxygen atoms in total. The molecule has 0 spiro atoms. The molecule has 0 aliphatic heterocycles. The van der Waals surface area contributed by atoms with Crippen molar-refractivity contribution in [1.29, 1.82) is 0 Å². The van der Waals surface area contributed by atoms with Crippen molar-refractivity contribution in [3.8, 4) is 0 Å². The van der Waals surface area contributed by atoms with Crippen molar-refractivity contribution in [1.82, 2.24) is 10.3 Å². The van der Waals surface area contributed by atoms with E-state index >= 15 is 0 Å². The van der Waals surface area contributed by atoms with E-state index in [1.54, 1.807) is 11.3 Å². The van der Waals surface area contributed by atoms with Crippen molar-refractivity contribution in [2.24, 2.45) is 0 Å². The fourth-order valence-electron chi connectivity index (χ4n) is 2.04. The van der Waals surface area contributed by atoms with Crippen LogP contribution in [0, 0.1) is 0 Å². The molecule has 0 aromatic carbocycles. The number of aromatic nitrogens is 1. The zero-order chi connectivity index (χ0) is 13.8. The first-order valence-corrected chi connectivity index (χ1v) is 7.93. The lowest BCUT2D eigenvalue weighted by atomic mass is 9.92. The first-order valence-electron chi connectivity index (χ1n) is 7.05. The molecule has 0 aliphatic carbocycles. The maximum absolute atomic E-state index is 4.88. The van der Waals surface area contributed by atoms with E-state index in [1.807, 2.05) is 0 Å². The highest BCUT2D eigenvalue weighted by Crippen LogP contribution is 2.32. The number of nitrogens with one attached hydrogen (secondary N) is 1. The number of thiazole rings is 1. The van der Waals surface area contributed by atoms with Crippen molar-refractivity contribution in [2.45, 2.75) is 71.8 Å². The molecule has 1 aromatic heterocycles. The molecule has 3 heteroatoms. The predicted octanol–water partition coefficient (Wildman–Crippen LogP) is 4.46. The molecule has 0 bridgehead atoms. The third-order valence-corrected chi connectivity index (χ3v) is 4.37. The third kappa shape index (κ3) is 3.79. The lowest BCUT2D eigenvalue weighted by Gasteiger charge is -2.28. The normalized spacial score (nSPS) is 15.7. The molecule has 1 atom stereocenters. The van der Waals surface area contributed by atoms with Crippen LogP contribution in [0.3, 0.4) is 0 Å². The van der Waals surface area contributed by atoms with Crippen molar-refractivity contribution >= 4 is 11.3 Å². The largest absolute Gasteiger partial charge is 0.306 e. The minimum atomic E-state index is 0.0406. The van der Waals surface area contributed by atoms with Gasteiger partial charge in [-0.05, 0) is 26.3 Å². The molecule has 1 aromatic rings. The van der Waals surface area contributed by atoms with Crippen LogP contribution in [-0.2, 0) is 11.0 Å². The number of hydrogen-bond acceptors (Lipinski definition) is 3. The van der Waals surface area contributed by atoms with Gasteiger partial charge in [-0.1, -0.05) is 41.0 Å². The van der Waals surface area contributed by atoms with E-state index in [2.05, 4.69) is 52.2 Å². The van der Waals surface area contributed by atoms with E-state index in [4.69, 9.17) is 4.98 Å². The Labute approximate surface area is 116 Å². The highest BCUT2D eigenvalue weighted by Gasteiger charge is 2.29. The van der Waals surface area contributed by atoms with Gasteiger partial charge in [0, 0.05) is 10.8 Å². The van der Waals surface area contributed by atoms with Gasteiger partial charge in [0.1, 0.15) is 5.01 Å². The minimum Gasteiger partial charge on any atom is -0.306 e. The standard InChI is InChI=1S/C15H28N2S/c1-7-9-15(6,16-10-8-2)13-17-12(11-18-13)14(3,4)5/h11,16H,7-10H2,1-6H3. The lowest BCUT2D eigenvalue weighted by molar-refractivity contribution is 0.334. The first-order chi connectivity index (χ1) is 8.33. The Morgan fingerprint density at radius 2 is 1.83 bits per heavy atom. The Morgan fingerprint density at radius 1 is 1.17 bits per heavy atom. The number of nitrogens with zero attached hydrogens (tertiary/aromatic N) is 1. The SMILES string of the molecule is CCCNC(C)(CCC)c1nc(C(C)(C)C)cs1. The quantitative estimate of drug-likeness (QED) is 0.824. The Hall–Kier alpha value is -0.410. The summed E-state index contributed by atoms with van der Waals surface area (Å²) in [5.74, 6) is 0. The van der Waals surface area contributed by atoms with Gasteiger partial charge in [0.25, 0.3) is 0 Å². The second kappa shape index (κ2) is 6.16. The van der Waals surface area contributed by atoms with Gasteiger partial charge in [0.15, 0.2) is 0 Å². The zero-order valence-corrected chi connectivity index (χ0v) is 13.6. The van der Waals surface area contributed by atoms with Gasteiger partial charge >= 0.3 is 0 Å². The topological polar surface area (TPSA) is 24.9 Å². The monoisotopic (exact) mass is 268 g/mol. The average molecular weight is 268 g/mol. The number of rotatable bonds is 6. The molecule has 0 saturated heterocycles. The second-order valence-corrected chi connectivity index (χ2v) is 7.15. The van der Waals surface area contributed by atoms with Gasteiger partial charge < -0.3 is 5.32 Å². The summed E-state index contributed by atoms with van der Waals surface area (Å²) in [6.07, 6.45) is 3.48. The highest BCUT2D eigenvalue weighted by atomic mass is 32.1. The Bertz CT molecular complexity index is 365. The molecule has 1 rings (SSSR count). The molecule has 18 heavy (non-hydrogen) atoms. The zero-order valence-electron chi connectivity index (χ0n) is 12.8. The maximum atomic E-state index is 4.88. The fraction of sp³-hybridized carbons (Fsp3) is 0.800. The van der Waals surface area contributed by atoms with Gasteiger partial charge in [0.2, 0.25) is 0 Å². The van der Waals surface area contributed by atoms with Gasteiger partial charge in [-0.15, -0.1) is 11.3 Å². The summed E-state index contributed by atoms with van der Waals surface area (Å²) in [6, 6.07) is 0. The van der Waals surface area contributed by atoms with Crippen LogP contribution in [0.4, 0.5) is 0 Å². The molecule has 1 unspecified atom stereocenters. The summed E-state index contributed by atoms with van der Waals surface area (Å²) in [5.41, 5.74) is 1.40. The summed E-state index contributed by atoms with van der Waals surface area (Å²) in [6.45, 7) is 14.5. The van der Waals surface area contributed by atoms with Crippen molar-refractivity contribution in [3.05, 3.63) is 16.1 Å². The van der Waals surface area contributed by atoms with Crippen LogP contribution in [0.2, 0.25) is 0 Å². The maximum Gasteiger partial charge on any atom is 0.113 e. The Kier molecular flexibility index (Phi) is 5.35. The van der Waals surface area contributed by atoms with Gasteiger partial charge in [0.05, 0.1) is 11.2 Å². The molecule has 0 amide bonds. The van der Waals surface area contributed by atoms with Crippen LogP contribution < -0.4 is 5.32 Å². The average Bonchev–Trinajstić information content (AvgIpc) is 2.76. The van der Waals surface area contributed by atoms with Crippen LogP contribution >= 0.6 is 11.3 Å². The van der Waals surface area contributed by atoms with Crippen LogP contribution in [-0.4, -0.2) is 11.5 Å². The summed E-state index contributed by atoms with van der Waals surface area (Å²) in [4.78, 5) is 4.88. The molecular weight excluding hydrogens is 240 g/mol. The molecule has 1 heterocycles. The van der Waals surface area contributed by atoms with Crippen LogP contribution in [0.1, 0.15) is 71.5 Å². The highest BCUT2D eigenvalue weighted by molar-refractivity contribution is 7.09. The predicted molar refractivity (Wildman–Crippen MR) is 81.4 cm³/mol. The van der Waals surface area contributed by atoms with E-state index in [0.717, 1.165) is 19.4 Å². The van der Waals surface area contributed by atoms with Crippen LogP contribution in [0.25, 0.3) is 0 Å². The molecule has 0 saturated carbocycles. The molecule has 0 radical (unpaired) electrons. The molecular formula is C15H28N2S. The number of hydrogen-bond donors (Lipinski definition) is 1. The van der Waals surface area contributed by atoms with Gasteiger partial charge in [-0.2, -0.15) is 0 Å². The smallest absolute Gasteiger partial charge is 0.113 e. The van der Waals surface area contributed by atoms with E-state index < -0.39 is 0 Å². The second-order valence-electron chi connectivity index (χ2n) is 6.30. The van der Waals surface area contributed by atoms with Crippen LogP contribution in [0.5, 0.6) is 0 Å². The van der Waals surface area contributed by atoms with Gasteiger partial charge in [-0.25, -0.2) is 4.98 Å². The van der Waals surface area contributed by atoms with Crippen LogP contribution in [0.15, 0.2) is 5.38 Å². The van der Waals surface area contributed by atoms with E-state index in [1.165, 1.54) is 17.1 Å². The minimum absolute atomic E-state index is 0.0406. The van der Waals surface area contributed by atoms with Crippen molar-refractivity contribution < 1.29 is 0 Å². The molecule has 104 valence electrons. The summed E-state index contributed by atoms with van der Waals surface area (Å²) < 4.78 is 0. The Balaban J connectivity index is 2.95. The van der Waals surface area contributed by atoms with E-state index in [9.17, 15) is 0 Å². The molecule has 0 fully saturated rings. The Morgan fingerprint density at radius 3 is 2.28 bits per heavy atom. The van der Waals surface area contributed by atoms with E-state index in [-0.39, 0.29) is 11.0 Å². The molecule has 1 N–H and O–H groups in total. The van der Waals surface area contributed by atoms with E-state index in [0.29, 0.717) is 0 Å². The lowest BCUT2D eigenvalue weighted by Crippen LogP contribution is -2.40. The first kappa shape index (κ1) is 15.6. The summed E-state index contributed by atoms with van der Waals surface area (Å²) in [5, 5.41) is 7.13. The molecule has 0 aliphatic rings. The summed E-state index contributed by atoms with van der Waals surface area (Å²) >= 11 is 1.80. The summed E-state index contributed by atoms with van der Waals surface area (Å²) in [7, 11) is 0.